The normalized spacial score (nSPS) is 19.9. The van der Waals surface area contributed by atoms with Crippen LogP contribution >= 0.6 is 0 Å². The lowest BCUT2D eigenvalue weighted by molar-refractivity contribution is -0.155. The van der Waals surface area contributed by atoms with E-state index in [1.165, 1.54) is 13.0 Å². The zero-order valence-electron chi connectivity index (χ0n) is 15.2. The zero-order chi connectivity index (χ0) is 20.2. The maximum atomic E-state index is 12.3. The molecule has 1 aromatic rings. The first-order valence-corrected chi connectivity index (χ1v) is 8.35. The second-order valence-electron chi connectivity index (χ2n) is 6.29. The van der Waals surface area contributed by atoms with E-state index in [0.717, 1.165) is 4.90 Å². The largest absolute Gasteiger partial charge is 0.451 e. The van der Waals surface area contributed by atoms with Crippen molar-refractivity contribution in [2.24, 2.45) is 0 Å². The van der Waals surface area contributed by atoms with E-state index in [1.54, 1.807) is 32.0 Å². The van der Waals surface area contributed by atoms with Crippen LogP contribution < -0.4 is 10.6 Å². The average Bonchev–Trinajstić information content (AvgIpc) is 2.85. The maximum absolute atomic E-state index is 12.3. The highest BCUT2D eigenvalue weighted by Crippen LogP contribution is 2.20. The van der Waals surface area contributed by atoms with Crippen molar-refractivity contribution in [2.45, 2.75) is 38.8 Å². The first-order valence-electron chi connectivity index (χ1n) is 8.35. The first kappa shape index (κ1) is 19.9. The molecule has 142 valence electrons. The Balaban J connectivity index is 1.95. The molecular weight excluding hydrogens is 352 g/mol. The molecule has 1 aliphatic rings. The molecule has 0 bridgehead atoms. The van der Waals surface area contributed by atoms with Crippen molar-refractivity contribution in [3.05, 3.63) is 29.8 Å². The van der Waals surface area contributed by atoms with Gasteiger partial charge in [0.1, 0.15) is 18.2 Å². The number of esters is 1. The van der Waals surface area contributed by atoms with Gasteiger partial charge in [-0.25, -0.2) is 4.79 Å². The number of amides is 4. The van der Waals surface area contributed by atoms with Crippen molar-refractivity contribution in [1.29, 1.82) is 5.26 Å². The van der Waals surface area contributed by atoms with Gasteiger partial charge >= 0.3 is 12.0 Å². The van der Waals surface area contributed by atoms with Crippen LogP contribution in [0.15, 0.2) is 24.3 Å². The number of imide groups is 1. The minimum atomic E-state index is -1.18. The summed E-state index contributed by atoms with van der Waals surface area (Å²) in [7, 11) is 0. The topological polar surface area (TPSA) is 129 Å². The van der Waals surface area contributed by atoms with Crippen molar-refractivity contribution in [1.82, 2.24) is 10.2 Å². The third kappa shape index (κ3) is 4.23. The van der Waals surface area contributed by atoms with Crippen molar-refractivity contribution in [3.63, 3.8) is 0 Å². The Morgan fingerprint density at radius 2 is 2.04 bits per heavy atom. The lowest BCUT2D eigenvalue weighted by Gasteiger charge is -2.19. The Morgan fingerprint density at radius 3 is 2.63 bits per heavy atom. The Bertz CT molecular complexity index is 831. The van der Waals surface area contributed by atoms with Crippen LogP contribution in [-0.2, 0) is 19.1 Å². The number of hydrogen-bond acceptors (Lipinski definition) is 6. The molecule has 0 aromatic heterocycles. The van der Waals surface area contributed by atoms with Crippen molar-refractivity contribution in [3.8, 4) is 6.07 Å². The summed E-state index contributed by atoms with van der Waals surface area (Å²) in [5, 5.41) is 14.1. The highest BCUT2D eigenvalue weighted by Gasteiger charge is 2.47. The summed E-state index contributed by atoms with van der Waals surface area (Å²) in [5.41, 5.74) is -0.496. The number of rotatable bonds is 6. The summed E-state index contributed by atoms with van der Waals surface area (Å²) in [6, 6.07) is 7.64. The monoisotopic (exact) mass is 372 g/mol. The van der Waals surface area contributed by atoms with Gasteiger partial charge in [0.05, 0.1) is 11.3 Å². The molecule has 0 aliphatic carbocycles. The summed E-state index contributed by atoms with van der Waals surface area (Å²) in [6.45, 7) is 4.07. The van der Waals surface area contributed by atoms with Gasteiger partial charge in [0.15, 0.2) is 6.10 Å². The SMILES string of the molecule is CC[C@]1(C)NC(=O)N(CC(=O)O[C@H](C)C(=O)Nc2ccccc2C#N)C1=O. The molecule has 1 aliphatic heterocycles. The predicted octanol–water partition coefficient (Wildman–Crippen LogP) is 1.15. The minimum Gasteiger partial charge on any atom is -0.451 e. The smallest absolute Gasteiger partial charge is 0.327 e. The molecule has 2 N–H and O–H groups in total. The molecule has 2 atom stereocenters. The maximum Gasteiger partial charge on any atom is 0.327 e. The van der Waals surface area contributed by atoms with E-state index < -0.39 is 42.0 Å². The van der Waals surface area contributed by atoms with Gasteiger partial charge in [-0.3, -0.25) is 19.3 Å². The first-order chi connectivity index (χ1) is 12.7. The number of ether oxygens (including phenoxy) is 1. The van der Waals surface area contributed by atoms with Crippen LogP contribution in [0.3, 0.4) is 0 Å². The Hall–Kier alpha value is -3.41. The number of para-hydroxylation sites is 1. The average molecular weight is 372 g/mol. The van der Waals surface area contributed by atoms with E-state index >= 15 is 0 Å². The standard InChI is InChI=1S/C18H20N4O5/c1-4-18(3)16(25)22(17(26)21-18)10-14(23)27-11(2)15(24)20-13-8-6-5-7-12(13)9-19/h5-8,11H,4,10H2,1-3H3,(H,20,24)(H,21,26)/t11-,18+/m1/s1. The van der Waals surface area contributed by atoms with Crippen LogP contribution in [0.25, 0.3) is 0 Å². The lowest BCUT2D eigenvalue weighted by Crippen LogP contribution is -2.44. The Morgan fingerprint density at radius 1 is 1.37 bits per heavy atom. The Kier molecular flexibility index (Phi) is 5.80. The van der Waals surface area contributed by atoms with E-state index in [9.17, 15) is 19.2 Å². The minimum absolute atomic E-state index is 0.266. The third-order valence-corrected chi connectivity index (χ3v) is 4.32. The molecule has 9 heteroatoms. The number of carbonyl (C=O) groups is 4. The van der Waals surface area contributed by atoms with Crippen LogP contribution in [0.5, 0.6) is 0 Å². The van der Waals surface area contributed by atoms with E-state index in [-0.39, 0.29) is 5.56 Å². The number of carbonyl (C=O) groups excluding carboxylic acids is 4. The second-order valence-corrected chi connectivity index (χ2v) is 6.29. The fourth-order valence-corrected chi connectivity index (χ4v) is 2.47. The Labute approximate surface area is 156 Å². The molecule has 0 saturated carbocycles. The molecule has 0 radical (unpaired) electrons. The van der Waals surface area contributed by atoms with E-state index in [0.29, 0.717) is 12.1 Å². The molecular formula is C18H20N4O5. The van der Waals surface area contributed by atoms with Gasteiger partial charge in [-0.2, -0.15) is 5.26 Å². The van der Waals surface area contributed by atoms with Crippen LogP contribution in [-0.4, -0.2) is 46.9 Å². The van der Waals surface area contributed by atoms with Crippen LogP contribution in [0, 0.1) is 11.3 Å². The van der Waals surface area contributed by atoms with E-state index in [4.69, 9.17) is 10.00 Å². The fourth-order valence-electron chi connectivity index (χ4n) is 2.47. The van der Waals surface area contributed by atoms with E-state index in [1.807, 2.05) is 6.07 Å². The summed E-state index contributed by atoms with van der Waals surface area (Å²) < 4.78 is 5.01. The molecule has 0 spiro atoms. The molecule has 4 amide bonds. The quantitative estimate of drug-likeness (QED) is 0.569. The number of nitrogens with zero attached hydrogens (tertiary/aromatic N) is 2. The van der Waals surface area contributed by atoms with Gasteiger partial charge in [-0.15, -0.1) is 0 Å². The predicted molar refractivity (Wildman–Crippen MR) is 94.3 cm³/mol. The van der Waals surface area contributed by atoms with Crippen molar-refractivity contribution < 1.29 is 23.9 Å². The van der Waals surface area contributed by atoms with Crippen molar-refractivity contribution in [2.75, 3.05) is 11.9 Å². The third-order valence-electron chi connectivity index (χ3n) is 4.32. The summed E-state index contributed by atoms with van der Waals surface area (Å²) in [6.07, 6.45) is -0.803. The molecule has 0 unspecified atom stereocenters. The number of nitrogens with one attached hydrogen (secondary N) is 2. The van der Waals surface area contributed by atoms with Crippen LogP contribution in [0.2, 0.25) is 0 Å². The number of hydrogen-bond donors (Lipinski definition) is 2. The molecule has 1 heterocycles. The van der Waals surface area contributed by atoms with Gasteiger partial charge in [0.25, 0.3) is 11.8 Å². The number of benzene rings is 1. The number of anilines is 1. The highest BCUT2D eigenvalue weighted by molar-refractivity contribution is 6.08. The zero-order valence-corrected chi connectivity index (χ0v) is 15.2. The van der Waals surface area contributed by atoms with Gasteiger partial charge in [0.2, 0.25) is 0 Å². The van der Waals surface area contributed by atoms with Gasteiger partial charge in [-0.05, 0) is 32.4 Å². The molecule has 9 nitrogen and oxygen atoms in total. The molecule has 2 rings (SSSR count). The molecule has 27 heavy (non-hydrogen) atoms. The van der Waals surface area contributed by atoms with E-state index in [2.05, 4.69) is 10.6 Å². The van der Waals surface area contributed by atoms with Gasteiger partial charge in [-0.1, -0.05) is 19.1 Å². The molecule has 1 saturated heterocycles. The highest BCUT2D eigenvalue weighted by atomic mass is 16.5. The summed E-state index contributed by atoms with van der Waals surface area (Å²) in [4.78, 5) is 49.2. The lowest BCUT2D eigenvalue weighted by atomic mass is 9.99. The molecule has 1 fully saturated rings. The van der Waals surface area contributed by atoms with Crippen LogP contribution in [0.4, 0.5) is 10.5 Å². The summed E-state index contributed by atoms with van der Waals surface area (Å²) >= 11 is 0. The number of nitriles is 1. The molecule has 1 aromatic carbocycles. The summed E-state index contributed by atoms with van der Waals surface area (Å²) in [5.74, 6) is -2.05. The second kappa shape index (κ2) is 7.86. The fraction of sp³-hybridized carbons (Fsp3) is 0.389. The van der Waals surface area contributed by atoms with Gasteiger partial charge < -0.3 is 15.4 Å². The van der Waals surface area contributed by atoms with Crippen LogP contribution in [0.1, 0.15) is 32.8 Å². The van der Waals surface area contributed by atoms with Crippen molar-refractivity contribution >= 4 is 29.5 Å². The number of urea groups is 1. The van der Waals surface area contributed by atoms with Gasteiger partial charge in [0, 0.05) is 0 Å².